The van der Waals surface area contributed by atoms with E-state index in [1.807, 2.05) is 36.5 Å². The van der Waals surface area contributed by atoms with E-state index < -0.39 is 0 Å². The zero-order chi connectivity index (χ0) is 19.1. The number of H-pyrrole nitrogens is 1. The van der Waals surface area contributed by atoms with Crippen molar-refractivity contribution in [3.8, 4) is 5.75 Å². The predicted octanol–water partition coefficient (Wildman–Crippen LogP) is 4.84. The molecule has 0 bridgehead atoms. The lowest BCUT2D eigenvalue weighted by atomic mass is 10.0. The van der Waals surface area contributed by atoms with Gasteiger partial charge in [-0.3, -0.25) is 4.79 Å². The van der Waals surface area contributed by atoms with Crippen LogP contribution in [0.15, 0.2) is 54.7 Å². The van der Waals surface area contributed by atoms with Crippen LogP contribution in [0.2, 0.25) is 0 Å². The van der Waals surface area contributed by atoms with Gasteiger partial charge in [-0.25, -0.2) is 0 Å². The molecule has 142 valence electrons. The molecule has 3 rings (SSSR count). The monoisotopic (exact) mass is 364 g/mol. The summed E-state index contributed by atoms with van der Waals surface area (Å²) in [7, 11) is 0. The topological polar surface area (TPSA) is 54.1 Å². The van der Waals surface area contributed by atoms with Crippen molar-refractivity contribution in [2.75, 3.05) is 6.54 Å². The van der Waals surface area contributed by atoms with Crippen molar-refractivity contribution in [2.24, 2.45) is 5.92 Å². The van der Waals surface area contributed by atoms with Gasteiger partial charge in [0.05, 0.1) is 0 Å². The zero-order valence-corrected chi connectivity index (χ0v) is 16.1. The van der Waals surface area contributed by atoms with Gasteiger partial charge in [0, 0.05) is 35.6 Å². The second-order valence-corrected chi connectivity index (χ2v) is 6.85. The number of amides is 1. The van der Waals surface area contributed by atoms with E-state index in [1.165, 1.54) is 10.9 Å². The fourth-order valence-corrected chi connectivity index (χ4v) is 3.33. The minimum Gasteiger partial charge on any atom is -0.489 e. The Morgan fingerprint density at radius 2 is 1.89 bits per heavy atom. The number of rotatable bonds is 9. The van der Waals surface area contributed by atoms with Gasteiger partial charge in [-0.2, -0.15) is 0 Å². The van der Waals surface area contributed by atoms with Crippen LogP contribution >= 0.6 is 0 Å². The Morgan fingerprint density at radius 1 is 1.11 bits per heavy atom. The highest BCUT2D eigenvalue weighted by Gasteiger charge is 2.13. The van der Waals surface area contributed by atoms with Crippen molar-refractivity contribution in [1.82, 2.24) is 10.3 Å². The third-order valence-electron chi connectivity index (χ3n) is 5.04. The van der Waals surface area contributed by atoms with Gasteiger partial charge in [0.2, 0.25) is 5.91 Å². The SMILES string of the molecule is CCC(CC)C(=O)NCCc1c[nH]c2cc(OCc3ccccc3)ccc12. The fourth-order valence-electron chi connectivity index (χ4n) is 3.33. The molecule has 0 saturated carbocycles. The summed E-state index contributed by atoms with van der Waals surface area (Å²) in [5.74, 6) is 1.13. The number of fused-ring (bicyclic) bond motifs is 1. The van der Waals surface area contributed by atoms with E-state index in [-0.39, 0.29) is 11.8 Å². The molecule has 0 aliphatic carbocycles. The largest absolute Gasteiger partial charge is 0.489 e. The molecule has 0 spiro atoms. The van der Waals surface area contributed by atoms with E-state index >= 15 is 0 Å². The number of ether oxygens (including phenoxy) is 1. The number of benzene rings is 2. The number of carbonyl (C=O) groups is 1. The van der Waals surface area contributed by atoms with Crippen LogP contribution in [0.1, 0.15) is 37.8 Å². The first kappa shape index (κ1) is 19.0. The minimum absolute atomic E-state index is 0.122. The Labute approximate surface area is 160 Å². The van der Waals surface area contributed by atoms with Crippen LogP contribution in [0.25, 0.3) is 10.9 Å². The lowest BCUT2D eigenvalue weighted by Gasteiger charge is -2.12. The first-order valence-corrected chi connectivity index (χ1v) is 9.75. The quantitative estimate of drug-likeness (QED) is 0.571. The van der Waals surface area contributed by atoms with E-state index in [0.29, 0.717) is 13.2 Å². The standard InChI is InChI=1S/C23H28N2O2/c1-3-18(4-2)23(26)24-13-12-19-15-25-22-14-20(10-11-21(19)22)27-16-17-8-6-5-7-9-17/h5-11,14-15,18,25H,3-4,12-13,16H2,1-2H3,(H,24,26). The van der Waals surface area contributed by atoms with E-state index in [1.54, 1.807) is 0 Å². The molecule has 4 nitrogen and oxygen atoms in total. The third kappa shape index (κ3) is 4.91. The van der Waals surface area contributed by atoms with Gasteiger partial charge in [0.15, 0.2) is 0 Å². The van der Waals surface area contributed by atoms with Crippen molar-refractivity contribution < 1.29 is 9.53 Å². The molecule has 2 N–H and O–H groups in total. The molecule has 1 amide bonds. The molecule has 0 unspecified atom stereocenters. The molecule has 1 aromatic heterocycles. The first-order valence-electron chi connectivity index (χ1n) is 9.75. The van der Waals surface area contributed by atoms with Crippen LogP contribution < -0.4 is 10.1 Å². The highest BCUT2D eigenvalue weighted by molar-refractivity contribution is 5.84. The molecule has 0 aliphatic heterocycles. The summed E-state index contributed by atoms with van der Waals surface area (Å²) in [6.07, 6.45) is 4.62. The van der Waals surface area contributed by atoms with E-state index in [4.69, 9.17) is 4.74 Å². The van der Waals surface area contributed by atoms with Gasteiger partial charge in [0.25, 0.3) is 0 Å². The second kappa shape index (κ2) is 9.26. The van der Waals surface area contributed by atoms with Crippen LogP contribution in [0.4, 0.5) is 0 Å². The minimum atomic E-state index is 0.122. The Bertz CT molecular complexity index is 866. The van der Waals surface area contributed by atoms with Crippen molar-refractivity contribution in [2.45, 2.75) is 39.7 Å². The maximum Gasteiger partial charge on any atom is 0.223 e. The first-order chi connectivity index (χ1) is 13.2. The Kier molecular flexibility index (Phi) is 6.53. The average Bonchev–Trinajstić information content (AvgIpc) is 3.10. The summed E-state index contributed by atoms with van der Waals surface area (Å²) in [5.41, 5.74) is 3.42. The molecular formula is C23H28N2O2. The summed E-state index contributed by atoms with van der Waals surface area (Å²) >= 11 is 0. The van der Waals surface area contributed by atoms with Crippen LogP contribution in [-0.2, 0) is 17.8 Å². The van der Waals surface area contributed by atoms with Gasteiger partial charge in [-0.05, 0) is 42.5 Å². The Morgan fingerprint density at radius 3 is 2.63 bits per heavy atom. The van der Waals surface area contributed by atoms with Gasteiger partial charge >= 0.3 is 0 Å². The maximum absolute atomic E-state index is 12.1. The van der Waals surface area contributed by atoms with E-state index in [0.717, 1.165) is 36.1 Å². The van der Waals surface area contributed by atoms with Gasteiger partial charge in [0.1, 0.15) is 12.4 Å². The molecule has 0 saturated heterocycles. The van der Waals surface area contributed by atoms with Gasteiger partial charge < -0.3 is 15.0 Å². The molecule has 4 heteroatoms. The van der Waals surface area contributed by atoms with Crippen LogP contribution in [-0.4, -0.2) is 17.4 Å². The van der Waals surface area contributed by atoms with E-state index in [9.17, 15) is 4.79 Å². The number of nitrogens with one attached hydrogen (secondary N) is 2. The molecular weight excluding hydrogens is 336 g/mol. The smallest absolute Gasteiger partial charge is 0.223 e. The van der Waals surface area contributed by atoms with Gasteiger partial charge in [-0.15, -0.1) is 0 Å². The Balaban J connectivity index is 1.58. The summed E-state index contributed by atoms with van der Waals surface area (Å²) in [6.45, 7) is 5.34. The van der Waals surface area contributed by atoms with Crippen LogP contribution in [0, 0.1) is 5.92 Å². The zero-order valence-electron chi connectivity index (χ0n) is 16.1. The number of aromatic nitrogens is 1. The summed E-state index contributed by atoms with van der Waals surface area (Å²) in [6, 6.07) is 16.3. The average molecular weight is 364 g/mol. The molecule has 1 heterocycles. The summed E-state index contributed by atoms with van der Waals surface area (Å²) in [5, 5.41) is 4.24. The van der Waals surface area contributed by atoms with Crippen molar-refractivity contribution in [1.29, 1.82) is 0 Å². The second-order valence-electron chi connectivity index (χ2n) is 6.85. The van der Waals surface area contributed by atoms with Crippen molar-refractivity contribution >= 4 is 16.8 Å². The molecule has 0 aliphatic rings. The Hall–Kier alpha value is -2.75. The highest BCUT2D eigenvalue weighted by atomic mass is 16.5. The third-order valence-corrected chi connectivity index (χ3v) is 5.04. The summed E-state index contributed by atoms with van der Waals surface area (Å²) < 4.78 is 5.90. The number of hydrogen-bond acceptors (Lipinski definition) is 2. The molecule has 3 aromatic rings. The normalized spacial score (nSPS) is 11.1. The molecule has 0 atom stereocenters. The number of aromatic amines is 1. The lowest BCUT2D eigenvalue weighted by molar-refractivity contribution is -0.125. The number of carbonyl (C=O) groups excluding carboxylic acids is 1. The lowest BCUT2D eigenvalue weighted by Crippen LogP contribution is -2.31. The number of hydrogen-bond donors (Lipinski definition) is 2. The fraction of sp³-hybridized carbons (Fsp3) is 0.348. The van der Waals surface area contributed by atoms with Gasteiger partial charge in [-0.1, -0.05) is 44.2 Å². The molecule has 2 aromatic carbocycles. The van der Waals surface area contributed by atoms with Crippen molar-refractivity contribution in [3.05, 3.63) is 65.9 Å². The van der Waals surface area contributed by atoms with Crippen LogP contribution in [0.5, 0.6) is 5.75 Å². The molecule has 0 radical (unpaired) electrons. The van der Waals surface area contributed by atoms with Crippen molar-refractivity contribution in [3.63, 3.8) is 0 Å². The highest BCUT2D eigenvalue weighted by Crippen LogP contribution is 2.24. The predicted molar refractivity (Wildman–Crippen MR) is 110 cm³/mol. The maximum atomic E-state index is 12.1. The molecule has 0 fully saturated rings. The molecule has 27 heavy (non-hydrogen) atoms. The summed E-state index contributed by atoms with van der Waals surface area (Å²) in [4.78, 5) is 15.4. The van der Waals surface area contributed by atoms with Crippen LogP contribution in [0.3, 0.4) is 0 Å². The van der Waals surface area contributed by atoms with E-state index in [2.05, 4.69) is 42.3 Å².